The summed E-state index contributed by atoms with van der Waals surface area (Å²) in [6, 6.07) is 16.5. The van der Waals surface area contributed by atoms with Gasteiger partial charge in [0.25, 0.3) is 0 Å². The van der Waals surface area contributed by atoms with E-state index in [1.807, 2.05) is 24.3 Å². The number of ketones is 1. The molecular formula is C19H18OS2. The Bertz CT molecular complexity index is 691. The van der Waals surface area contributed by atoms with Crippen molar-refractivity contribution in [1.82, 2.24) is 0 Å². The van der Waals surface area contributed by atoms with E-state index in [2.05, 4.69) is 42.5 Å². The Balaban J connectivity index is 2.73. The van der Waals surface area contributed by atoms with Gasteiger partial charge in [0.05, 0.1) is 0 Å². The number of allylic oxidation sites excluding steroid dienone is 1. The van der Waals surface area contributed by atoms with Crippen LogP contribution in [0.1, 0.15) is 18.1 Å². The van der Waals surface area contributed by atoms with E-state index < -0.39 is 0 Å². The van der Waals surface area contributed by atoms with Gasteiger partial charge in [0.2, 0.25) is 0 Å². The smallest absolute Gasteiger partial charge is 0.160 e. The molecule has 112 valence electrons. The molecule has 0 aliphatic carbocycles. The summed E-state index contributed by atoms with van der Waals surface area (Å²) in [5, 5.41) is 0. The van der Waals surface area contributed by atoms with Gasteiger partial charge in [0, 0.05) is 32.6 Å². The molecule has 0 aliphatic heterocycles. The summed E-state index contributed by atoms with van der Waals surface area (Å²) in [4.78, 5) is 13.7. The summed E-state index contributed by atoms with van der Waals surface area (Å²) in [5.41, 5.74) is 6.39. The fraction of sp³-hybridized carbons (Fsp3) is 0.158. The number of hydrogen-bond donors (Lipinski definition) is 0. The topological polar surface area (TPSA) is 17.1 Å². The van der Waals surface area contributed by atoms with Gasteiger partial charge in [-0.05, 0) is 31.6 Å². The predicted molar refractivity (Wildman–Crippen MR) is 97.7 cm³/mol. The standard InChI is InChI=1S/C19H18OS2/c1-14(20)12-13-15(16-8-4-6-10-18(16)21-2)17-9-5-7-11-19(17)22-3/h4-12H,1-3H3. The van der Waals surface area contributed by atoms with Crippen LogP contribution in [-0.4, -0.2) is 18.3 Å². The minimum Gasteiger partial charge on any atom is -0.294 e. The summed E-state index contributed by atoms with van der Waals surface area (Å²) in [5.74, 6) is 0.000709. The molecule has 3 heteroatoms. The quantitative estimate of drug-likeness (QED) is 0.421. The molecule has 2 aromatic carbocycles. The molecule has 2 aromatic rings. The van der Waals surface area contributed by atoms with Gasteiger partial charge in [-0.15, -0.1) is 29.3 Å². The average Bonchev–Trinajstić information content (AvgIpc) is 2.55. The largest absolute Gasteiger partial charge is 0.294 e. The van der Waals surface area contributed by atoms with Crippen LogP contribution in [-0.2, 0) is 4.79 Å². The summed E-state index contributed by atoms with van der Waals surface area (Å²) in [6.45, 7) is 1.55. The van der Waals surface area contributed by atoms with E-state index in [0.717, 1.165) is 16.7 Å². The number of hydrogen-bond acceptors (Lipinski definition) is 3. The fourth-order valence-electron chi connectivity index (χ4n) is 2.18. The van der Waals surface area contributed by atoms with Gasteiger partial charge in [0.1, 0.15) is 0 Å². The van der Waals surface area contributed by atoms with E-state index in [1.165, 1.54) is 15.9 Å². The predicted octanol–water partition coefficient (Wildman–Crippen LogP) is 5.31. The zero-order chi connectivity index (χ0) is 15.9. The maximum absolute atomic E-state index is 11.4. The van der Waals surface area contributed by atoms with Gasteiger partial charge in [-0.2, -0.15) is 0 Å². The van der Waals surface area contributed by atoms with Crippen LogP contribution in [0.5, 0.6) is 0 Å². The Morgan fingerprint density at radius 1 is 0.909 bits per heavy atom. The Kier molecular flexibility index (Phi) is 6.14. The molecule has 0 spiro atoms. The minimum atomic E-state index is 0.000709. The van der Waals surface area contributed by atoms with Crippen molar-refractivity contribution >= 4 is 34.9 Å². The van der Waals surface area contributed by atoms with Gasteiger partial charge < -0.3 is 0 Å². The van der Waals surface area contributed by atoms with Crippen molar-refractivity contribution in [3.8, 4) is 0 Å². The molecule has 1 nitrogen and oxygen atoms in total. The first-order chi connectivity index (χ1) is 10.7. The lowest BCUT2D eigenvalue weighted by atomic mass is 9.98. The van der Waals surface area contributed by atoms with Crippen LogP contribution in [0.4, 0.5) is 0 Å². The lowest BCUT2D eigenvalue weighted by Gasteiger charge is -2.13. The SMILES string of the molecule is CSc1ccccc1C(=C=CC(C)=O)c1ccccc1SC. The molecule has 2 rings (SSSR count). The van der Waals surface area contributed by atoms with Crippen LogP contribution < -0.4 is 0 Å². The molecule has 0 N–H and O–H groups in total. The highest BCUT2D eigenvalue weighted by Crippen LogP contribution is 2.34. The van der Waals surface area contributed by atoms with Crippen LogP contribution in [0.15, 0.2) is 70.1 Å². The maximum atomic E-state index is 11.4. The first kappa shape index (κ1) is 16.7. The van der Waals surface area contributed by atoms with Crippen LogP contribution in [0.3, 0.4) is 0 Å². The van der Waals surface area contributed by atoms with Gasteiger partial charge in [-0.25, -0.2) is 0 Å². The third kappa shape index (κ3) is 3.95. The van der Waals surface area contributed by atoms with Gasteiger partial charge >= 0.3 is 0 Å². The average molecular weight is 326 g/mol. The summed E-state index contributed by atoms with van der Waals surface area (Å²) in [6.07, 6.45) is 5.64. The van der Waals surface area contributed by atoms with Gasteiger partial charge in [0.15, 0.2) is 5.78 Å². The van der Waals surface area contributed by atoms with Crippen molar-refractivity contribution in [3.05, 3.63) is 71.5 Å². The Labute approximate surface area is 140 Å². The molecule has 0 aromatic heterocycles. The van der Waals surface area contributed by atoms with Crippen LogP contribution in [0, 0.1) is 0 Å². The highest BCUT2D eigenvalue weighted by Gasteiger charge is 2.12. The van der Waals surface area contributed by atoms with Gasteiger partial charge in [-0.1, -0.05) is 36.4 Å². The van der Waals surface area contributed by atoms with Crippen molar-refractivity contribution in [1.29, 1.82) is 0 Å². The number of rotatable bonds is 5. The number of carbonyl (C=O) groups is 1. The van der Waals surface area contributed by atoms with Crippen molar-refractivity contribution < 1.29 is 4.79 Å². The highest BCUT2D eigenvalue weighted by atomic mass is 32.2. The second kappa shape index (κ2) is 8.09. The monoisotopic (exact) mass is 326 g/mol. The second-order valence-electron chi connectivity index (χ2n) is 4.67. The van der Waals surface area contributed by atoms with Gasteiger partial charge in [-0.3, -0.25) is 4.79 Å². The molecule has 22 heavy (non-hydrogen) atoms. The van der Waals surface area contributed by atoms with Crippen LogP contribution in [0.25, 0.3) is 5.57 Å². The van der Waals surface area contributed by atoms with Crippen molar-refractivity contribution in [2.45, 2.75) is 16.7 Å². The van der Waals surface area contributed by atoms with E-state index in [1.54, 1.807) is 30.4 Å². The first-order valence-corrected chi connectivity index (χ1v) is 9.36. The lowest BCUT2D eigenvalue weighted by molar-refractivity contribution is -0.112. The number of benzene rings is 2. The molecule has 0 atom stereocenters. The summed E-state index contributed by atoms with van der Waals surface area (Å²) >= 11 is 3.40. The van der Waals surface area contributed by atoms with Crippen molar-refractivity contribution in [3.63, 3.8) is 0 Å². The van der Waals surface area contributed by atoms with Crippen LogP contribution in [0.2, 0.25) is 0 Å². The summed E-state index contributed by atoms with van der Waals surface area (Å²) < 4.78 is 0. The fourth-order valence-corrected chi connectivity index (χ4v) is 3.39. The molecule has 0 bridgehead atoms. The van der Waals surface area contributed by atoms with E-state index >= 15 is 0 Å². The molecule has 0 radical (unpaired) electrons. The number of carbonyl (C=O) groups excluding carboxylic acids is 1. The second-order valence-corrected chi connectivity index (χ2v) is 6.37. The molecule has 0 saturated carbocycles. The molecule has 0 unspecified atom stereocenters. The molecule has 0 saturated heterocycles. The van der Waals surface area contributed by atoms with E-state index in [4.69, 9.17) is 0 Å². The molecule has 0 aliphatic rings. The van der Waals surface area contributed by atoms with Crippen LogP contribution >= 0.6 is 23.5 Å². The Hall–Kier alpha value is -1.67. The normalized spacial score (nSPS) is 9.95. The molecule has 0 amide bonds. The zero-order valence-corrected chi connectivity index (χ0v) is 14.6. The van der Waals surface area contributed by atoms with E-state index in [0.29, 0.717) is 0 Å². The maximum Gasteiger partial charge on any atom is 0.160 e. The van der Waals surface area contributed by atoms with Crippen molar-refractivity contribution in [2.75, 3.05) is 12.5 Å². The van der Waals surface area contributed by atoms with E-state index in [9.17, 15) is 4.79 Å². The third-order valence-electron chi connectivity index (χ3n) is 3.17. The van der Waals surface area contributed by atoms with E-state index in [-0.39, 0.29) is 5.78 Å². The molecule has 0 heterocycles. The first-order valence-electron chi connectivity index (χ1n) is 6.91. The van der Waals surface area contributed by atoms with Crippen molar-refractivity contribution in [2.24, 2.45) is 0 Å². The lowest BCUT2D eigenvalue weighted by Crippen LogP contribution is -1.92. The number of thioether (sulfide) groups is 2. The molecule has 0 fully saturated rings. The Morgan fingerprint density at radius 3 is 1.77 bits per heavy atom. The zero-order valence-electron chi connectivity index (χ0n) is 12.9. The summed E-state index contributed by atoms with van der Waals surface area (Å²) in [7, 11) is 0. The minimum absolute atomic E-state index is 0.000709. The Morgan fingerprint density at radius 2 is 1.36 bits per heavy atom. The highest BCUT2D eigenvalue weighted by molar-refractivity contribution is 7.99. The molecular weight excluding hydrogens is 308 g/mol. The third-order valence-corrected chi connectivity index (χ3v) is 4.76.